The molecule has 1 aromatic carbocycles. The predicted octanol–water partition coefficient (Wildman–Crippen LogP) is 2.73. The molecule has 0 radical (unpaired) electrons. The largest absolute Gasteiger partial charge is 0.493 e. The van der Waals surface area contributed by atoms with Crippen molar-refractivity contribution in [1.29, 1.82) is 0 Å². The number of carbonyl (C=O) groups excluding carboxylic acids is 1. The van der Waals surface area contributed by atoms with Gasteiger partial charge in [0.15, 0.2) is 11.5 Å². The van der Waals surface area contributed by atoms with Gasteiger partial charge in [0.05, 0.1) is 19.8 Å². The quantitative estimate of drug-likeness (QED) is 0.853. The number of likely N-dealkylation sites (tertiary alicyclic amines) is 1. The monoisotopic (exact) mass is 354 g/mol. The summed E-state index contributed by atoms with van der Waals surface area (Å²) in [4.78, 5) is 14.7. The molecule has 134 valence electrons. The molecule has 0 unspecified atom stereocenters. The molecule has 1 amide bonds. The molecule has 3 rings (SSSR count). The maximum absolute atomic E-state index is 12.8. The smallest absolute Gasteiger partial charge is 0.257 e. The second-order valence-corrected chi connectivity index (χ2v) is 6.46. The van der Waals surface area contributed by atoms with Crippen LogP contribution in [0.3, 0.4) is 0 Å². The number of nitrogens with zero attached hydrogens (tertiary/aromatic N) is 1. The summed E-state index contributed by atoms with van der Waals surface area (Å²) in [5.41, 5.74) is 0.580. The lowest BCUT2D eigenvalue weighted by atomic mass is 10.0. The zero-order valence-electron chi connectivity index (χ0n) is 14.4. The van der Waals surface area contributed by atoms with E-state index in [1.54, 1.807) is 20.3 Å². The van der Waals surface area contributed by atoms with Gasteiger partial charge >= 0.3 is 0 Å². The third-order valence-corrected chi connectivity index (χ3v) is 4.81. The minimum Gasteiger partial charge on any atom is -0.493 e. The Balaban J connectivity index is 0.00000208. The fourth-order valence-corrected chi connectivity index (χ4v) is 3.17. The number of rotatable bonds is 6. The second kappa shape index (κ2) is 8.58. The van der Waals surface area contributed by atoms with E-state index in [1.165, 1.54) is 12.8 Å². The Kier molecular flexibility index (Phi) is 6.75. The van der Waals surface area contributed by atoms with Gasteiger partial charge in [-0.2, -0.15) is 0 Å². The van der Waals surface area contributed by atoms with E-state index < -0.39 is 0 Å². The molecule has 0 spiro atoms. The number of ether oxygens (including phenoxy) is 2. The topological polar surface area (TPSA) is 50.8 Å². The molecule has 2 fully saturated rings. The van der Waals surface area contributed by atoms with Gasteiger partial charge in [-0.15, -0.1) is 12.4 Å². The number of benzene rings is 1. The van der Waals surface area contributed by atoms with Crippen molar-refractivity contribution in [3.8, 4) is 11.5 Å². The Labute approximate surface area is 150 Å². The van der Waals surface area contributed by atoms with Crippen LogP contribution in [0.15, 0.2) is 18.2 Å². The molecular weight excluding hydrogens is 328 g/mol. The summed E-state index contributed by atoms with van der Waals surface area (Å²) in [6, 6.07) is 6.00. The molecular formula is C18H27ClN2O3. The van der Waals surface area contributed by atoms with E-state index >= 15 is 0 Å². The third kappa shape index (κ3) is 4.33. The molecule has 1 saturated heterocycles. The highest BCUT2D eigenvalue weighted by Gasteiger charge is 2.28. The highest BCUT2D eigenvalue weighted by molar-refractivity contribution is 5.97. The SMILES string of the molecule is COc1cccc(C(=O)N2CCC(NCC3CC3)CC2)c1OC.Cl. The average molecular weight is 355 g/mol. The fourth-order valence-electron chi connectivity index (χ4n) is 3.17. The maximum Gasteiger partial charge on any atom is 0.257 e. The molecule has 0 atom stereocenters. The number of carbonyl (C=O) groups is 1. The molecule has 6 heteroatoms. The van der Waals surface area contributed by atoms with Crippen LogP contribution in [0.25, 0.3) is 0 Å². The standard InChI is InChI=1S/C18H26N2O3.ClH/c1-22-16-5-3-4-15(17(16)23-2)18(21)20-10-8-14(9-11-20)19-12-13-6-7-13;/h3-5,13-14,19H,6-12H2,1-2H3;1H. The molecule has 0 aromatic heterocycles. The summed E-state index contributed by atoms with van der Waals surface area (Å²) >= 11 is 0. The average Bonchev–Trinajstić information content (AvgIpc) is 3.43. The molecule has 24 heavy (non-hydrogen) atoms. The van der Waals surface area contributed by atoms with Gasteiger partial charge in [0.1, 0.15) is 0 Å². The maximum atomic E-state index is 12.8. The van der Waals surface area contributed by atoms with E-state index in [1.807, 2.05) is 17.0 Å². The second-order valence-electron chi connectivity index (χ2n) is 6.46. The van der Waals surface area contributed by atoms with Gasteiger partial charge in [-0.25, -0.2) is 0 Å². The summed E-state index contributed by atoms with van der Waals surface area (Å²) < 4.78 is 10.7. The van der Waals surface area contributed by atoms with Gasteiger partial charge in [-0.3, -0.25) is 4.79 Å². The predicted molar refractivity (Wildman–Crippen MR) is 96.4 cm³/mol. The van der Waals surface area contributed by atoms with Crippen molar-refractivity contribution in [3.63, 3.8) is 0 Å². The number of amides is 1. The van der Waals surface area contributed by atoms with E-state index in [2.05, 4.69) is 5.32 Å². The Hall–Kier alpha value is -1.46. The minimum atomic E-state index is 0. The number of hydrogen-bond donors (Lipinski definition) is 1. The first-order valence-corrected chi connectivity index (χ1v) is 8.46. The highest BCUT2D eigenvalue weighted by atomic mass is 35.5. The van der Waals surface area contributed by atoms with Crippen LogP contribution in [-0.2, 0) is 0 Å². The Morgan fingerprint density at radius 3 is 2.46 bits per heavy atom. The van der Waals surface area contributed by atoms with Gasteiger partial charge in [-0.1, -0.05) is 6.07 Å². The lowest BCUT2D eigenvalue weighted by Crippen LogP contribution is -2.45. The van der Waals surface area contributed by atoms with Crippen LogP contribution in [-0.4, -0.2) is 50.7 Å². The van der Waals surface area contributed by atoms with Gasteiger partial charge in [-0.05, 0) is 50.3 Å². The highest BCUT2D eigenvalue weighted by Crippen LogP contribution is 2.32. The Bertz CT molecular complexity index is 555. The van der Waals surface area contributed by atoms with E-state index in [0.29, 0.717) is 23.1 Å². The lowest BCUT2D eigenvalue weighted by Gasteiger charge is -2.33. The summed E-state index contributed by atoms with van der Waals surface area (Å²) in [7, 11) is 3.16. The van der Waals surface area contributed by atoms with Crippen molar-refractivity contribution >= 4 is 18.3 Å². The van der Waals surface area contributed by atoms with Gasteiger partial charge in [0.2, 0.25) is 0 Å². The van der Waals surface area contributed by atoms with Crippen LogP contribution in [0.2, 0.25) is 0 Å². The number of hydrogen-bond acceptors (Lipinski definition) is 4. The number of piperidine rings is 1. The van der Waals surface area contributed by atoms with Crippen molar-refractivity contribution < 1.29 is 14.3 Å². The zero-order chi connectivity index (χ0) is 16.2. The van der Waals surface area contributed by atoms with E-state index in [9.17, 15) is 4.79 Å². The normalized spacial score (nSPS) is 18.0. The Morgan fingerprint density at radius 1 is 1.17 bits per heavy atom. The molecule has 1 aromatic rings. The van der Waals surface area contributed by atoms with Crippen LogP contribution in [0.1, 0.15) is 36.0 Å². The van der Waals surface area contributed by atoms with Crippen LogP contribution in [0.4, 0.5) is 0 Å². The van der Waals surface area contributed by atoms with Gasteiger partial charge < -0.3 is 19.7 Å². The number of methoxy groups -OCH3 is 2. The molecule has 1 N–H and O–H groups in total. The van der Waals surface area contributed by atoms with E-state index in [4.69, 9.17) is 9.47 Å². The van der Waals surface area contributed by atoms with Crippen molar-refractivity contribution in [2.24, 2.45) is 5.92 Å². The molecule has 2 aliphatic rings. The van der Waals surface area contributed by atoms with Crippen LogP contribution < -0.4 is 14.8 Å². The molecule has 0 bridgehead atoms. The molecule has 1 heterocycles. The van der Waals surface area contributed by atoms with Crippen LogP contribution >= 0.6 is 12.4 Å². The number of nitrogens with one attached hydrogen (secondary N) is 1. The zero-order valence-corrected chi connectivity index (χ0v) is 15.2. The molecule has 5 nitrogen and oxygen atoms in total. The van der Waals surface area contributed by atoms with Gasteiger partial charge in [0, 0.05) is 19.1 Å². The number of para-hydroxylation sites is 1. The van der Waals surface area contributed by atoms with Crippen LogP contribution in [0.5, 0.6) is 11.5 Å². The minimum absolute atomic E-state index is 0. The van der Waals surface area contributed by atoms with Crippen molar-refractivity contribution in [2.75, 3.05) is 33.9 Å². The fraction of sp³-hybridized carbons (Fsp3) is 0.611. The first-order chi connectivity index (χ1) is 11.2. The summed E-state index contributed by atoms with van der Waals surface area (Å²) in [5, 5.41) is 3.64. The third-order valence-electron chi connectivity index (χ3n) is 4.81. The first-order valence-electron chi connectivity index (χ1n) is 8.46. The van der Waals surface area contributed by atoms with Gasteiger partial charge in [0.25, 0.3) is 5.91 Å². The summed E-state index contributed by atoms with van der Waals surface area (Å²) in [6.07, 6.45) is 4.79. The molecule has 1 aliphatic carbocycles. The van der Waals surface area contributed by atoms with Crippen molar-refractivity contribution in [1.82, 2.24) is 10.2 Å². The van der Waals surface area contributed by atoms with Crippen LogP contribution in [0, 0.1) is 5.92 Å². The van der Waals surface area contributed by atoms with Crippen molar-refractivity contribution in [2.45, 2.75) is 31.7 Å². The van der Waals surface area contributed by atoms with E-state index in [0.717, 1.165) is 38.4 Å². The van der Waals surface area contributed by atoms with Crippen molar-refractivity contribution in [3.05, 3.63) is 23.8 Å². The summed E-state index contributed by atoms with van der Waals surface area (Å²) in [6.45, 7) is 2.73. The Morgan fingerprint density at radius 2 is 1.88 bits per heavy atom. The molecule has 1 saturated carbocycles. The first kappa shape index (κ1) is 18.9. The number of halogens is 1. The molecule has 1 aliphatic heterocycles. The summed E-state index contributed by atoms with van der Waals surface area (Å²) in [5.74, 6) is 2.05. The van der Waals surface area contributed by atoms with E-state index in [-0.39, 0.29) is 18.3 Å². The lowest BCUT2D eigenvalue weighted by molar-refractivity contribution is 0.0701.